The van der Waals surface area contributed by atoms with Gasteiger partial charge in [-0.1, -0.05) is 123 Å². The number of aliphatic hydroxyl groups is 1. The van der Waals surface area contributed by atoms with Gasteiger partial charge in [0.1, 0.15) is 5.75 Å². The third-order valence-corrected chi connectivity index (χ3v) is 13.9. The maximum Gasteiger partial charge on any atom is 0.307 e. The average molecular weight is 709 g/mol. The monoisotopic (exact) mass is 708 g/mol. The molecule has 0 heterocycles. The van der Waals surface area contributed by atoms with Crippen molar-refractivity contribution in [3.05, 3.63) is 129 Å². The lowest BCUT2D eigenvalue weighted by atomic mass is 9.49. The third-order valence-electron chi connectivity index (χ3n) is 13.9. The van der Waals surface area contributed by atoms with Gasteiger partial charge in [-0.3, -0.25) is 4.79 Å². The number of carboxylic acid groups (broad SMARTS) is 1. The number of phenols is 1. The summed E-state index contributed by atoms with van der Waals surface area (Å²) in [5.41, 5.74) is 5.69. The molecule has 5 aliphatic carbocycles. The predicted molar refractivity (Wildman–Crippen MR) is 215 cm³/mol. The Balaban J connectivity index is 1.10. The van der Waals surface area contributed by atoms with Crippen molar-refractivity contribution in [1.82, 2.24) is 0 Å². The van der Waals surface area contributed by atoms with E-state index < -0.39 is 17.3 Å². The molecular formula is C49H56O4. The highest BCUT2D eigenvalue weighted by Crippen LogP contribution is 2.58. The number of aliphatic hydroxyl groups excluding tert-OH is 1. The summed E-state index contributed by atoms with van der Waals surface area (Å²) in [7, 11) is 0. The molecule has 4 heteroatoms. The van der Waals surface area contributed by atoms with E-state index in [2.05, 4.69) is 97.1 Å². The number of aliphatic carboxylic acids is 1. The lowest BCUT2D eigenvalue weighted by Gasteiger charge is -2.54. The maximum atomic E-state index is 13.5. The number of benzene rings is 3. The number of rotatable bonds is 10. The van der Waals surface area contributed by atoms with Crippen molar-refractivity contribution in [2.75, 3.05) is 6.61 Å². The van der Waals surface area contributed by atoms with E-state index >= 15 is 0 Å². The number of carboxylic acids is 1. The topological polar surface area (TPSA) is 77.8 Å². The molecule has 1 saturated carbocycles. The van der Waals surface area contributed by atoms with Crippen molar-refractivity contribution in [1.29, 1.82) is 0 Å². The zero-order valence-electron chi connectivity index (χ0n) is 31.1. The van der Waals surface area contributed by atoms with Gasteiger partial charge in [-0.15, -0.1) is 0 Å². The molecule has 3 aromatic carbocycles. The van der Waals surface area contributed by atoms with Crippen molar-refractivity contribution >= 4 is 24.2 Å². The second-order valence-corrected chi connectivity index (χ2v) is 16.9. The summed E-state index contributed by atoms with van der Waals surface area (Å²) in [4.78, 5) is 13.5. The number of allylic oxidation sites excluding steroid dienone is 4. The summed E-state index contributed by atoms with van der Waals surface area (Å²) in [6.45, 7) is 0.212. The van der Waals surface area contributed by atoms with Crippen LogP contribution in [0.5, 0.6) is 5.75 Å². The second kappa shape index (κ2) is 15.7. The molecule has 3 aromatic rings. The van der Waals surface area contributed by atoms with Gasteiger partial charge in [0.25, 0.3) is 0 Å². The van der Waals surface area contributed by atoms with Gasteiger partial charge in [0.05, 0.1) is 12.5 Å². The molecule has 0 saturated heterocycles. The fraction of sp³-hybridized carbons (Fsp3) is 0.449. The first kappa shape index (κ1) is 35.9. The first-order valence-corrected chi connectivity index (χ1v) is 20.5. The number of hydrogen-bond donors (Lipinski definition) is 3. The number of aromatic hydroxyl groups is 1. The Bertz CT molecular complexity index is 2000. The fourth-order valence-corrected chi connectivity index (χ4v) is 11.1. The molecule has 5 aliphatic rings. The highest BCUT2D eigenvalue weighted by Gasteiger charge is 2.55. The van der Waals surface area contributed by atoms with Gasteiger partial charge in [0.2, 0.25) is 0 Å². The highest BCUT2D eigenvalue weighted by atomic mass is 16.4. The Labute approximate surface area is 315 Å². The van der Waals surface area contributed by atoms with Crippen molar-refractivity contribution < 1.29 is 20.1 Å². The van der Waals surface area contributed by atoms with Gasteiger partial charge in [0.15, 0.2) is 0 Å². The Morgan fingerprint density at radius 2 is 1.58 bits per heavy atom. The van der Waals surface area contributed by atoms with Crippen LogP contribution in [0.3, 0.4) is 0 Å². The normalized spacial score (nSPS) is 30.0. The molecule has 0 radical (unpaired) electrons. The predicted octanol–water partition coefficient (Wildman–Crippen LogP) is 9.24. The molecule has 2 bridgehead atoms. The van der Waals surface area contributed by atoms with Crippen molar-refractivity contribution in [3.8, 4) is 5.75 Å². The van der Waals surface area contributed by atoms with Crippen LogP contribution in [0, 0.1) is 35.5 Å². The highest BCUT2D eigenvalue weighted by molar-refractivity contribution is 5.76. The minimum absolute atomic E-state index is 0.154. The molecule has 53 heavy (non-hydrogen) atoms. The molecular weight excluding hydrogens is 653 g/mol. The molecule has 1 spiro atoms. The van der Waals surface area contributed by atoms with Gasteiger partial charge in [0, 0.05) is 5.41 Å². The molecule has 0 aromatic heterocycles. The van der Waals surface area contributed by atoms with E-state index in [-0.39, 0.29) is 18.4 Å². The second-order valence-electron chi connectivity index (χ2n) is 16.9. The van der Waals surface area contributed by atoms with Crippen LogP contribution < -0.4 is 10.4 Å². The summed E-state index contributed by atoms with van der Waals surface area (Å²) in [5, 5.41) is 33.4. The van der Waals surface area contributed by atoms with E-state index in [1.165, 1.54) is 76.8 Å². The number of fused-ring (bicyclic) bond motifs is 3. The van der Waals surface area contributed by atoms with Gasteiger partial charge in [-0.25, -0.2) is 0 Å². The maximum absolute atomic E-state index is 13.5. The molecule has 276 valence electrons. The number of unbranched alkanes of at least 4 members (excludes halogenated alkanes) is 3. The zero-order valence-corrected chi connectivity index (χ0v) is 31.1. The Morgan fingerprint density at radius 1 is 0.830 bits per heavy atom. The van der Waals surface area contributed by atoms with E-state index in [0.29, 0.717) is 35.8 Å². The SMILES string of the molecule is O=C(O)C1CC=CCC(CCCCCCC2C=C(CO)CC2)C(c2ccc(O)cc2)Cc2ccc3c(c2)C12CC1C=c4ccccc4=CC1CC2C=C3. The average Bonchev–Trinajstić information content (AvgIpc) is 3.63. The van der Waals surface area contributed by atoms with Crippen LogP contribution in [0.25, 0.3) is 18.2 Å². The molecule has 8 atom stereocenters. The van der Waals surface area contributed by atoms with Gasteiger partial charge in [-0.2, -0.15) is 0 Å². The van der Waals surface area contributed by atoms with E-state index in [1.807, 2.05) is 12.1 Å². The zero-order chi connectivity index (χ0) is 36.4. The van der Waals surface area contributed by atoms with Crippen molar-refractivity contribution in [3.63, 3.8) is 0 Å². The van der Waals surface area contributed by atoms with Gasteiger partial charge < -0.3 is 15.3 Å². The fourth-order valence-electron chi connectivity index (χ4n) is 11.1. The van der Waals surface area contributed by atoms with E-state index in [9.17, 15) is 20.1 Å². The van der Waals surface area contributed by atoms with Gasteiger partial charge in [-0.05, 0) is 144 Å². The number of hydrogen-bond acceptors (Lipinski definition) is 3. The van der Waals surface area contributed by atoms with Crippen LogP contribution in [-0.4, -0.2) is 27.9 Å². The Kier molecular flexibility index (Phi) is 10.6. The Morgan fingerprint density at radius 3 is 2.34 bits per heavy atom. The molecule has 8 rings (SSSR count). The Hall–Kier alpha value is -4.15. The van der Waals surface area contributed by atoms with Crippen LogP contribution in [0.2, 0.25) is 0 Å². The quantitative estimate of drug-likeness (QED) is 0.145. The van der Waals surface area contributed by atoms with E-state index in [4.69, 9.17) is 0 Å². The molecule has 0 amide bonds. The third kappa shape index (κ3) is 7.37. The molecule has 4 nitrogen and oxygen atoms in total. The van der Waals surface area contributed by atoms with E-state index in [1.54, 1.807) is 0 Å². The summed E-state index contributed by atoms with van der Waals surface area (Å²) in [5.74, 6) is 1.28. The van der Waals surface area contributed by atoms with Crippen LogP contribution in [0.1, 0.15) is 105 Å². The number of carbonyl (C=O) groups is 1. The minimum Gasteiger partial charge on any atom is -0.508 e. The van der Waals surface area contributed by atoms with Crippen molar-refractivity contribution in [2.24, 2.45) is 35.5 Å². The van der Waals surface area contributed by atoms with E-state index in [0.717, 1.165) is 38.5 Å². The summed E-state index contributed by atoms with van der Waals surface area (Å²) in [6.07, 6.45) is 29.9. The minimum atomic E-state index is -0.679. The van der Waals surface area contributed by atoms with Gasteiger partial charge >= 0.3 is 5.97 Å². The molecule has 1 fully saturated rings. The van der Waals surface area contributed by atoms with Crippen LogP contribution in [0.15, 0.2) is 96.6 Å². The molecule has 0 aliphatic heterocycles. The lowest BCUT2D eigenvalue weighted by molar-refractivity contribution is -0.146. The largest absolute Gasteiger partial charge is 0.508 e. The summed E-state index contributed by atoms with van der Waals surface area (Å²) in [6, 6.07) is 23.5. The lowest BCUT2D eigenvalue weighted by Crippen LogP contribution is -2.53. The summed E-state index contributed by atoms with van der Waals surface area (Å²) < 4.78 is 0. The van der Waals surface area contributed by atoms with Crippen molar-refractivity contribution in [2.45, 2.75) is 94.8 Å². The first-order valence-electron chi connectivity index (χ1n) is 20.5. The summed E-state index contributed by atoms with van der Waals surface area (Å²) >= 11 is 0. The standard InChI is InChI=1S/C49H56O4/c50-32-35-16-15-33(25-35)9-3-1-2-4-10-36-11-7-8-14-46(48(52)53)49-31-42-29-40-13-6-5-12-39(40)28-41(42)30-43(49)22-19-38-18-17-34(27-47(38)49)26-45(36)37-20-23-44(51)24-21-37/h5-8,12-13,17-25,27-29,33,36,41-43,45-46,50-51H,1-4,9-11,14-16,26,30-32H2,(H,52,53). The first-order chi connectivity index (χ1) is 25.9. The molecule has 3 N–H and O–H groups in total. The molecule has 8 unspecified atom stereocenters. The smallest absolute Gasteiger partial charge is 0.307 e. The van der Waals surface area contributed by atoms with Crippen LogP contribution in [-0.2, 0) is 16.6 Å². The van der Waals surface area contributed by atoms with Crippen LogP contribution in [0.4, 0.5) is 0 Å². The number of phenolic OH excluding ortho intramolecular Hbond substituents is 1. The van der Waals surface area contributed by atoms with Crippen LogP contribution >= 0.6 is 0 Å².